The Labute approximate surface area is 56.7 Å². The molecule has 0 aliphatic rings. The molecule has 1 unspecified atom stereocenters. The van der Waals surface area contributed by atoms with E-state index in [4.69, 9.17) is 11.7 Å². The highest BCUT2D eigenvalue weighted by atomic mass is 16.3. The van der Waals surface area contributed by atoms with Gasteiger partial charge in [0.15, 0.2) is 0 Å². The Morgan fingerprint density at radius 1 is 1.67 bits per heavy atom. The molecule has 0 heterocycles. The van der Waals surface area contributed by atoms with E-state index in [0.717, 1.165) is 12.8 Å². The van der Waals surface area contributed by atoms with E-state index in [1.165, 1.54) is 6.08 Å². The number of hydrogen-bond acceptors (Lipinski definition) is 1. The molecule has 0 aromatic heterocycles. The van der Waals surface area contributed by atoms with Crippen LogP contribution in [0.4, 0.5) is 0 Å². The number of aliphatic hydroxyl groups excluding tert-OH is 1. The summed E-state index contributed by atoms with van der Waals surface area (Å²) in [5.74, 6) is 0. The summed E-state index contributed by atoms with van der Waals surface area (Å²) in [5, 5.41) is 8.87. The summed E-state index contributed by atoms with van der Waals surface area (Å²) in [6, 6.07) is 0. The van der Waals surface area contributed by atoms with E-state index in [1.54, 1.807) is 0 Å². The zero-order valence-electron chi connectivity index (χ0n) is 5.75. The molecule has 0 amide bonds. The van der Waals surface area contributed by atoms with Crippen molar-refractivity contribution in [1.29, 1.82) is 0 Å². The SMILES string of the molecule is [CH]=CC(O)CCC=CC. The highest BCUT2D eigenvalue weighted by molar-refractivity contribution is 4.82. The minimum atomic E-state index is -0.443. The summed E-state index contributed by atoms with van der Waals surface area (Å²) < 4.78 is 0. The molecule has 0 aromatic rings. The number of hydrogen-bond donors (Lipinski definition) is 1. The Balaban J connectivity index is 3.16. The third kappa shape index (κ3) is 5.31. The Kier molecular flexibility index (Phi) is 5.23. The fourth-order valence-electron chi connectivity index (χ4n) is 0.530. The zero-order chi connectivity index (χ0) is 7.11. The van der Waals surface area contributed by atoms with Crippen molar-refractivity contribution in [3.63, 3.8) is 0 Å². The van der Waals surface area contributed by atoms with E-state index < -0.39 is 6.10 Å². The summed E-state index contributed by atoms with van der Waals surface area (Å²) in [6.45, 7) is 7.01. The van der Waals surface area contributed by atoms with E-state index in [1.807, 2.05) is 19.1 Å². The first kappa shape index (κ1) is 8.44. The number of rotatable bonds is 4. The zero-order valence-corrected chi connectivity index (χ0v) is 5.75. The van der Waals surface area contributed by atoms with Gasteiger partial charge >= 0.3 is 0 Å². The van der Waals surface area contributed by atoms with Gasteiger partial charge in [-0.05, 0) is 19.8 Å². The van der Waals surface area contributed by atoms with Gasteiger partial charge in [-0.1, -0.05) is 24.8 Å². The molecule has 1 nitrogen and oxygen atoms in total. The quantitative estimate of drug-likeness (QED) is 0.567. The van der Waals surface area contributed by atoms with Crippen molar-refractivity contribution in [3.8, 4) is 0 Å². The standard InChI is InChI=1S/C8H13O/c1-3-5-6-7-8(9)4-2/h2-5,8-9H,6-7H2,1H3. The minimum absolute atomic E-state index is 0.443. The molecule has 0 saturated heterocycles. The molecular formula is C8H13O. The number of allylic oxidation sites excluding steroid dienone is 2. The van der Waals surface area contributed by atoms with Crippen molar-refractivity contribution in [3.05, 3.63) is 24.8 Å². The summed E-state index contributed by atoms with van der Waals surface area (Å²) in [4.78, 5) is 0. The van der Waals surface area contributed by atoms with Crippen LogP contribution in [-0.4, -0.2) is 11.2 Å². The second-order valence-corrected chi connectivity index (χ2v) is 1.91. The third-order valence-corrected chi connectivity index (χ3v) is 1.09. The molecule has 0 spiro atoms. The van der Waals surface area contributed by atoms with Crippen LogP contribution >= 0.6 is 0 Å². The first-order chi connectivity index (χ1) is 4.31. The lowest BCUT2D eigenvalue weighted by atomic mass is 10.2. The Morgan fingerprint density at radius 2 is 2.33 bits per heavy atom. The maximum absolute atomic E-state index is 8.87. The van der Waals surface area contributed by atoms with Gasteiger partial charge in [-0.25, -0.2) is 0 Å². The van der Waals surface area contributed by atoms with E-state index >= 15 is 0 Å². The van der Waals surface area contributed by atoms with E-state index in [0.29, 0.717) is 0 Å². The highest BCUT2D eigenvalue weighted by Crippen LogP contribution is 1.97. The van der Waals surface area contributed by atoms with Crippen LogP contribution in [-0.2, 0) is 0 Å². The van der Waals surface area contributed by atoms with Crippen molar-refractivity contribution < 1.29 is 5.11 Å². The van der Waals surface area contributed by atoms with Gasteiger partial charge in [0.2, 0.25) is 0 Å². The summed E-state index contributed by atoms with van der Waals surface area (Å²) in [7, 11) is 0. The van der Waals surface area contributed by atoms with E-state index in [2.05, 4.69) is 0 Å². The van der Waals surface area contributed by atoms with Gasteiger partial charge in [-0.3, -0.25) is 0 Å². The minimum Gasteiger partial charge on any atom is -0.389 e. The van der Waals surface area contributed by atoms with Crippen LogP contribution in [0.15, 0.2) is 18.2 Å². The molecule has 0 aromatic carbocycles. The molecule has 0 bridgehead atoms. The van der Waals surface area contributed by atoms with Gasteiger partial charge in [-0.2, -0.15) is 0 Å². The van der Waals surface area contributed by atoms with Crippen molar-refractivity contribution >= 4 is 0 Å². The lowest BCUT2D eigenvalue weighted by molar-refractivity contribution is 0.214. The molecule has 0 rings (SSSR count). The predicted octanol–water partition coefficient (Wildman–Crippen LogP) is 1.69. The van der Waals surface area contributed by atoms with Crippen molar-refractivity contribution in [2.45, 2.75) is 25.9 Å². The van der Waals surface area contributed by atoms with E-state index in [-0.39, 0.29) is 0 Å². The molecule has 0 fully saturated rings. The second kappa shape index (κ2) is 5.57. The Morgan fingerprint density at radius 3 is 2.78 bits per heavy atom. The molecule has 0 saturated carbocycles. The molecular weight excluding hydrogens is 112 g/mol. The molecule has 1 radical (unpaired) electrons. The van der Waals surface area contributed by atoms with Crippen molar-refractivity contribution in [2.75, 3.05) is 0 Å². The highest BCUT2D eigenvalue weighted by Gasteiger charge is 1.92. The van der Waals surface area contributed by atoms with Crippen molar-refractivity contribution in [1.82, 2.24) is 0 Å². The van der Waals surface area contributed by atoms with Gasteiger partial charge in [0.1, 0.15) is 0 Å². The first-order valence-electron chi connectivity index (χ1n) is 3.15. The van der Waals surface area contributed by atoms with Crippen LogP contribution < -0.4 is 0 Å². The molecule has 9 heavy (non-hydrogen) atoms. The lowest BCUT2D eigenvalue weighted by Crippen LogP contribution is -1.99. The summed E-state index contributed by atoms with van der Waals surface area (Å²) >= 11 is 0. The fraction of sp³-hybridized carbons (Fsp3) is 0.500. The predicted molar refractivity (Wildman–Crippen MR) is 38.9 cm³/mol. The van der Waals surface area contributed by atoms with Crippen LogP contribution in [0.5, 0.6) is 0 Å². The van der Waals surface area contributed by atoms with Gasteiger partial charge in [0.25, 0.3) is 0 Å². The second-order valence-electron chi connectivity index (χ2n) is 1.91. The molecule has 0 aliphatic carbocycles. The normalized spacial score (nSPS) is 14.0. The smallest absolute Gasteiger partial charge is 0.0726 e. The molecule has 1 N–H and O–H groups in total. The first-order valence-corrected chi connectivity index (χ1v) is 3.15. The lowest BCUT2D eigenvalue weighted by Gasteiger charge is -1.99. The van der Waals surface area contributed by atoms with Crippen LogP contribution in [0.25, 0.3) is 0 Å². The maximum atomic E-state index is 8.87. The van der Waals surface area contributed by atoms with Gasteiger partial charge < -0.3 is 5.11 Å². The topological polar surface area (TPSA) is 20.2 Å². The van der Waals surface area contributed by atoms with Crippen LogP contribution in [0.3, 0.4) is 0 Å². The molecule has 0 aliphatic heterocycles. The van der Waals surface area contributed by atoms with Crippen molar-refractivity contribution in [2.24, 2.45) is 0 Å². The maximum Gasteiger partial charge on any atom is 0.0726 e. The van der Waals surface area contributed by atoms with Gasteiger partial charge in [-0.15, -0.1) is 0 Å². The summed E-state index contributed by atoms with van der Waals surface area (Å²) in [5.41, 5.74) is 0. The average molecular weight is 125 g/mol. The fourth-order valence-corrected chi connectivity index (χ4v) is 0.530. The summed E-state index contributed by atoms with van der Waals surface area (Å²) in [6.07, 6.45) is 6.45. The molecule has 1 atom stereocenters. The molecule has 51 valence electrons. The molecule has 1 heteroatoms. The van der Waals surface area contributed by atoms with Crippen LogP contribution in [0.2, 0.25) is 0 Å². The van der Waals surface area contributed by atoms with Gasteiger partial charge in [0, 0.05) is 0 Å². The third-order valence-electron chi connectivity index (χ3n) is 1.09. The van der Waals surface area contributed by atoms with Gasteiger partial charge in [0.05, 0.1) is 6.10 Å². The van der Waals surface area contributed by atoms with Crippen LogP contribution in [0, 0.1) is 6.58 Å². The Bertz CT molecular complexity index is 94.7. The Hall–Kier alpha value is -0.560. The van der Waals surface area contributed by atoms with E-state index in [9.17, 15) is 0 Å². The number of aliphatic hydroxyl groups is 1. The largest absolute Gasteiger partial charge is 0.389 e. The van der Waals surface area contributed by atoms with Crippen LogP contribution in [0.1, 0.15) is 19.8 Å². The monoisotopic (exact) mass is 125 g/mol. The average Bonchev–Trinajstić information content (AvgIpc) is 1.89.